The van der Waals surface area contributed by atoms with Gasteiger partial charge in [0.2, 0.25) is 21.8 Å². The van der Waals surface area contributed by atoms with Crippen molar-refractivity contribution in [2.75, 3.05) is 49.3 Å². The molecular weight excluding hydrogens is 564 g/mol. The molecule has 0 N–H and O–H groups in total. The van der Waals surface area contributed by atoms with Crippen molar-refractivity contribution < 1.29 is 17.6 Å². The Morgan fingerprint density at radius 3 is 2.21 bits per heavy atom. The van der Waals surface area contributed by atoms with Gasteiger partial charge in [0.1, 0.15) is 17.7 Å². The normalized spacial score (nSPS) is 16.9. The van der Waals surface area contributed by atoms with E-state index in [2.05, 4.69) is 22.0 Å². The first-order valence-corrected chi connectivity index (χ1v) is 16.2. The number of sulfonamides is 1. The summed E-state index contributed by atoms with van der Waals surface area (Å²) in [6.45, 7) is 6.06. The average Bonchev–Trinajstić information content (AvgIpc) is 3.48. The molecule has 3 atom stereocenters. The Balaban J connectivity index is 1.52. The minimum atomic E-state index is -3.56. The van der Waals surface area contributed by atoms with E-state index in [1.165, 1.54) is 7.05 Å². The minimum absolute atomic E-state index is 0.260. The number of ether oxygens (including phenoxy) is 1. The van der Waals surface area contributed by atoms with Crippen LogP contribution >= 0.6 is 0 Å². The fourth-order valence-electron chi connectivity index (χ4n) is 4.83. The highest BCUT2D eigenvalue weighted by Crippen LogP contribution is 2.39. The van der Waals surface area contributed by atoms with Crippen LogP contribution in [0.2, 0.25) is 0 Å². The summed E-state index contributed by atoms with van der Waals surface area (Å²) in [5, 5.41) is 8.68. The summed E-state index contributed by atoms with van der Waals surface area (Å²) < 4.78 is 37.7. The van der Waals surface area contributed by atoms with Crippen LogP contribution in [-0.2, 0) is 14.8 Å². The summed E-state index contributed by atoms with van der Waals surface area (Å²) in [5.74, 6) is 2.69. The lowest BCUT2D eigenvalue weighted by atomic mass is 10.0. The highest BCUT2D eigenvalue weighted by atomic mass is 32.2. The van der Waals surface area contributed by atoms with Crippen LogP contribution in [0.4, 0.5) is 11.6 Å². The van der Waals surface area contributed by atoms with Crippen LogP contribution in [0.15, 0.2) is 82.2 Å². The molecule has 0 spiro atoms. The Morgan fingerprint density at radius 2 is 1.65 bits per heavy atom. The van der Waals surface area contributed by atoms with Crippen molar-refractivity contribution in [1.29, 1.82) is 0 Å². The quantitative estimate of drug-likeness (QED) is 0.191. The first-order chi connectivity index (χ1) is 20.6. The number of hydrogen-bond acceptors (Lipinski definition) is 9. The van der Waals surface area contributed by atoms with Crippen LogP contribution in [0.1, 0.15) is 43.3 Å². The van der Waals surface area contributed by atoms with Gasteiger partial charge in [0.05, 0.1) is 18.6 Å². The van der Waals surface area contributed by atoms with Crippen LogP contribution in [-0.4, -0.2) is 69.4 Å². The molecule has 0 saturated heterocycles. The molecule has 2 aromatic carbocycles. The van der Waals surface area contributed by atoms with E-state index in [0.29, 0.717) is 42.3 Å². The van der Waals surface area contributed by atoms with E-state index >= 15 is 0 Å². The van der Waals surface area contributed by atoms with Gasteiger partial charge in [-0.05, 0) is 37.3 Å². The highest BCUT2D eigenvalue weighted by molar-refractivity contribution is 7.92. The van der Waals surface area contributed by atoms with E-state index < -0.39 is 16.1 Å². The van der Waals surface area contributed by atoms with E-state index in [-0.39, 0.29) is 11.7 Å². The average molecular weight is 603 g/mol. The summed E-state index contributed by atoms with van der Waals surface area (Å²) in [6.07, 6.45) is 2.30. The van der Waals surface area contributed by atoms with Gasteiger partial charge in [0, 0.05) is 43.9 Å². The van der Waals surface area contributed by atoms with Crippen LogP contribution < -0.4 is 9.21 Å². The van der Waals surface area contributed by atoms with E-state index in [0.717, 1.165) is 40.4 Å². The molecule has 0 aliphatic heterocycles. The first kappa shape index (κ1) is 30.4. The summed E-state index contributed by atoms with van der Waals surface area (Å²) in [4.78, 5) is 11.9. The van der Waals surface area contributed by atoms with Gasteiger partial charge in [-0.25, -0.2) is 13.4 Å². The van der Waals surface area contributed by atoms with Crippen molar-refractivity contribution >= 4 is 27.4 Å². The van der Waals surface area contributed by atoms with Crippen LogP contribution in [0.3, 0.4) is 0 Å². The van der Waals surface area contributed by atoms with Crippen LogP contribution in [0.25, 0.3) is 11.5 Å². The van der Waals surface area contributed by atoms with Crippen LogP contribution in [0, 0.1) is 11.8 Å². The minimum Gasteiger partial charge on any atom is -0.418 e. The Morgan fingerprint density at radius 1 is 1.05 bits per heavy atom. The molecule has 10 nitrogen and oxygen atoms in total. The first-order valence-electron chi connectivity index (χ1n) is 14.4. The maximum atomic E-state index is 12.5. The number of methoxy groups -OCH3 is 1. The molecule has 1 aliphatic rings. The second-order valence-corrected chi connectivity index (χ2v) is 13.1. The molecule has 5 rings (SSSR count). The topological polar surface area (TPSA) is 114 Å². The Kier molecular flexibility index (Phi) is 9.22. The summed E-state index contributed by atoms with van der Waals surface area (Å²) >= 11 is 0. The molecular formula is C32H38N6O4S. The molecule has 0 bridgehead atoms. The van der Waals surface area contributed by atoms with Crippen molar-refractivity contribution in [2.24, 2.45) is 16.8 Å². The van der Waals surface area contributed by atoms with Gasteiger partial charge in [-0.2, -0.15) is 0 Å². The summed E-state index contributed by atoms with van der Waals surface area (Å²) in [6, 6.07) is 23.0. The monoisotopic (exact) mass is 602 g/mol. The molecule has 2 heterocycles. The predicted octanol–water partition coefficient (Wildman–Crippen LogP) is 5.23. The largest absolute Gasteiger partial charge is 0.418 e. The van der Waals surface area contributed by atoms with Crippen molar-refractivity contribution in [3.05, 3.63) is 89.8 Å². The van der Waals surface area contributed by atoms with E-state index in [1.54, 1.807) is 13.2 Å². The Bertz CT molecular complexity index is 1620. The number of pyridine rings is 1. The van der Waals surface area contributed by atoms with Crippen molar-refractivity contribution in [2.45, 2.75) is 26.3 Å². The number of benzene rings is 2. The molecule has 2 aromatic heterocycles. The number of rotatable bonds is 13. The Labute approximate surface area is 253 Å². The van der Waals surface area contributed by atoms with E-state index in [9.17, 15) is 8.42 Å². The zero-order chi connectivity index (χ0) is 30.6. The smallest absolute Gasteiger partial charge is 0.248 e. The highest BCUT2D eigenvalue weighted by Gasteiger charge is 2.34. The lowest BCUT2D eigenvalue weighted by Gasteiger charge is -2.26. The zero-order valence-corrected chi connectivity index (χ0v) is 26.0. The molecule has 0 amide bonds. The second kappa shape index (κ2) is 13.0. The SMILES string of the molecule is COCCN(CC1CC1C)c1cc(-c2nnc(C(C)N=C(c3ccccc3)c3ccccc3)o2)cc(N(C)S(C)(=O)=O)n1. The molecule has 0 radical (unpaired) electrons. The van der Waals surface area contributed by atoms with E-state index in [1.807, 2.05) is 73.7 Å². The number of anilines is 2. The van der Waals surface area contributed by atoms with Crippen LogP contribution in [0.5, 0.6) is 0 Å². The summed E-state index contributed by atoms with van der Waals surface area (Å²) in [5.41, 5.74) is 3.35. The van der Waals surface area contributed by atoms with Gasteiger partial charge in [-0.3, -0.25) is 9.30 Å². The standard InChI is InChI=1S/C32H38N6O4S/c1-22-18-27(22)21-38(16-17-41-4)29-20-26(19-28(34-29)37(3)43(5,39)40)32-36-35-31(42-32)23(2)33-30(24-12-8-6-9-13-24)25-14-10-7-11-15-25/h6-15,19-20,22-23,27H,16-18,21H2,1-5H3. The maximum absolute atomic E-state index is 12.5. The third-order valence-corrected chi connectivity index (χ3v) is 8.88. The van der Waals surface area contributed by atoms with Gasteiger partial charge in [0.25, 0.3) is 0 Å². The lowest BCUT2D eigenvalue weighted by molar-refractivity contribution is 0.204. The van der Waals surface area contributed by atoms with Gasteiger partial charge < -0.3 is 14.1 Å². The summed E-state index contributed by atoms with van der Waals surface area (Å²) in [7, 11) is -0.418. The molecule has 11 heteroatoms. The zero-order valence-electron chi connectivity index (χ0n) is 25.2. The van der Waals surface area contributed by atoms with Gasteiger partial charge in [0.15, 0.2) is 0 Å². The molecule has 1 saturated carbocycles. The predicted molar refractivity (Wildman–Crippen MR) is 169 cm³/mol. The van der Waals surface area contributed by atoms with Gasteiger partial charge >= 0.3 is 0 Å². The van der Waals surface area contributed by atoms with Crippen molar-refractivity contribution in [3.63, 3.8) is 0 Å². The fraction of sp³-hybridized carbons (Fsp3) is 0.375. The lowest BCUT2D eigenvalue weighted by Crippen LogP contribution is -2.32. The second-order valence-electron chi connectivity index (χ2n) is 11.0. The third kappa shape index (κ3) is 7.47. The third-order valence-electron chi connectivity index (χ3n) is 7.70. The van der Waals surface area contributed by atoms with E-state index in [4.69, 9.17) is 19.1 Å². The molecule has 1 fully saturated rings. The molecule has 4 aromatic rings. The van der Waals surface area contributed by atoms with Gasteiger partial charge in [-0.1, -0.05) is 67.6 Å². The van der Waals surface area contributed by atoms with Crippen molar-refractivity contribution in [3.8, 4) is 11.5 Å². The fourth-order valence-corrected chi connectivity index (χ4v) is 5.27. The number of aliphatic imine (C=N–C) groups is 1. The number of aromatic nitrogens is 3. The number of hydrogen-bond donors (Lipinski definition) is 0. The molecule has 3 unspecified atom stereocenters. The molecule has 1 aliphatic carbocycles. The molecule has 226 valence electrons. The number of nitrogens with zero attached hydrogens (tertiary/aromatic N) is 6. The molecule has 43 heavy (non-hydrogen) atoms. The maximum Gasteiger partial charge on any atom is 0.248 e. The van der Waals surface area contributed by atoms with Gasteiger partial charge in [-0.15, -0.1) is 10.2 Å². The van der Waals surface area contributed by atoms with Crippen molar-refractivity contribution in [1.82, 2.24) is 15.2 Å². The Hall–Kier alpha value is -4.09.